The number of thiocarbonyl (C=S) groups is 1. The molecule has 0 unspecified atom stereocenters. The Bertz CT molecular complexity index is 871. The van der Waals surface area contributed by atoms with Crippen molar-refractivity contribution in [2.75, 3.05) is 5.32 Å². The van der Waals surface area contributed by atoms with Crippen molar-refractivity contribution in [2.24, 2.45) is 0 Å². The summed E-state index contributed by atoms with van der Waals surface area (Å²) in [6.45, 7) is 0.317. The monoisotopic (exact) mass is 422 g/mol. The molecule has 0 aliphatic carbocycles. The summed E-state index contributed by atoms with van der Waals surface area (Å²) in [7, 11) is 0. The number of benzene rings is 2. The summed E-state index contributed by atoms with van der Waals surface area (Å²) in [5, 5.41) is 11.0. The van der Waals surface area contributed by atoms with Crippen molar-refractivity contribution in [3.8, 4) is 11.4 Å². The maximum atomic E-state index is 6.07. The number of halogens is 2. The number of nitrogens with one attached hydrogen (secondary N) is 2. The smallest absolute Gasteiger partial charge is 0.246 e. The first-order chi connectivity index (χ1) is 11.6. The van der Waals surface area contributed by atoms with E-state index in [2.05, 4.69) is 36.7 Å². The van der Waals surface area contributed by atoms with Crippen molar-refractivity contribution in [1.29, 1.82) is 0 Å². The number of para-hydroxylation sites is 1. The zero-order chi connectivity index (χ0) is 16.9. The SMILES string of the molecule is S=C(NCc1nc(-c2cccc(Br)c2)no1)Nc1ccccc1Cl. The minimum absolute atomic E-state index is 0.317. The molecule has 3 rings (SSSR count). The third-order valence-electron chi connectivity index (χ3n) is 3.07. The van der Waals surface area contributed by atoms with E-state index in [1.165, 1.54) is 0 Å². The van der Waals surface area contributed by atoms with E-state index in [0.29, 0.717) is 28.4 Å². The summed E-state index contributed by atoms with van der Waals surface area (Å²) in [5.74, 6) is 0.964. The molecule has 24 heavy (non-hydrogen) atoms. The van der Waals surface area contributed by atoms with Crippen LogP contribution in [0.2, 0.25) is 5.02 Å². The van der Waals surface area contributed by atoms with Crippen LogP contribution in [-0.2, 0) is 6.54 Å². The Morgan fingerprint density at radius 1 is 1.21 bits per heavy atom. The van der Waals surface area contributed by atoms with E-state index in [1.807, 2.05) is 42.5 Å². The molecule has 2 N–H and O–H groups in total. The fourth-order valence-corrected chi connectivity index (χ4v) is 2.72. The zero-order valence-electron chi connectivity index (χ0n) is 12.3. The molecule has 1 heterocycles. The maximum Gasteiger partial charge on any atom is 0.246 e. The molecule has 122 valence electrons. The van der Waals surface area contributed by atoms with Gasteiger partial charge in [-0.05, 0) is 36.5 Å². The van der Waals surface area contributed by atoms with Gasteiger partial charge in [0.2, 0.25) is 11.7 Å². The van der Waals surface area contributed by atoms with Crippen LogP contribution in [0, 0.1) is 0 Å². The molecule has 0 atom stereocenters. The van der Waals surface area contributed by atoms with Gasteiger partial charge < -0.3 is 15.2 Å². The van der Waals surface area contributed by atoms with E-state index < -0.39 is 0 Å². The molecule has 5 nitrogen and oxygen atoms in total. The number of nitrogens with zero attached hydrogens (tertiary/aromatic N) is 2. The average Bonchev–Trinajstić information content (AvgIpc) is 3.04. The van der Waals surface area contributed by atoms with E-state index in [0.717, 1.165) is 15.7 Å². The van der Waals surface area contributed by atoms with Crippen LogP contribution in [-0.4, -0.2) is 15.3 Å². The van der Waals surface area contributed by atoms with E-state index in [9.17, 15) is 0 Å². The van der Waals surface area contributed by atoms with Crippen LogP contribution in [0.15, 0.2) is 57.5 Å². The molecule has 8 heteroatoms. The first kappa shape index (κ1) is 16.9. The van der Waals surface area contributed by atoms with Crippen LogP contribution < -0.4 is 10.6 Å². The van der Waals surface area contributed by atoms with E-state index in [4.69, 9.17) is 28.3 Å². The van der Waals surface area contributed by atoms with Crippen LogP contribution in [0.1, 0.15) is 5.89 Å². The van der Waals surface area contributed by atoms with E-state index in [1.54, 1.807) is 6.07 Å². The standard InChI is InChI=1S/C16H12BrClN4OS/c17-11-5-3-4-10(8-11)15-21-14(23-22-15)9-19-16(24)20-13-7-2-1-6-12(13)18/h1-8H,9H2,(H2,19,20,24). The highest BCUT2D eigenvalue weighted by Crippen LogP contribution is 2.21. The van der Waals surface area contributed by atoms with Crippen molar-refractivity contribution < 1.29 is 4.52 Å². The number of anilines is 1. The van der Waals surface area contributed by atoms with Gasteiger partial charge in [0.1, 0.15) is 0 Å². The molecule has 0 saturated heterocycles. The lowest BCUT2D eigenvalue weighted by Crippen LogP contribution is -2.28. The van der Waals surface area contributed by atoms with Crippen molar-refractivity contribution in [2.45, 2.75) is 6.54 Å². The predicted molar refractivity (Wildman–Crippen MR) is 102 cm³/mol. The first-order valence-corrected chi connectivity index (χ1v) is 8.57. The minimum atomic E-state index is 0.317. The molecule has 0 amide bonds. The molecule has 0 fully saturated rings. The number of aromatic nitrogens is 2. The highest BCUT2D eigenvalue weighted by molar-refractivity contribution is 9.10. The van der Waals surface area contributed by atoms with Crippen LogP contribution in [0.25, 0.3) is 11.4 Å². The lowest BCUT2D eigenvalue weighted by atomic mass is 10.2. The third kappa shape index (κ3) is 4.31. The second-order valence-corrected chi connectivity index (χ2v) is 6.54. The van der Waals surface area contributed by atoms with Crippen molar-refractivity contribution in [3.05, 3.63) is 63.9 Å². The summed E-state index contributed by atoms with van der Waals surface area (Å²) in [5.41, 5.74) is 1.60. The lowest BCUT2D eigenvalue weighted by molar-refractivity contribution is 0.376. The molecule has 3 aromatic rings. The van der Waals surface area contributed by atoms with E-state index in [-0.39, 0.29) is 0 Å². The molecular weight excluding hydrogens is 412 g/mol. The summed E-state index contributed by atoms with van der Waals surface area (Å²) >= 11 is 14.7. The lowest BCUT2D eigenvalue weighted by Gasteiger charge is -2.09. The molecule has 0 aliphatic heterocycles. The Morgan fingerprint density at radius 2 is 2.04 bits per heavy atom. The van der Waals surface area contributed by atoms with Gasteiger partial charge in [-0.1, -0.05) is 57.0 Å². The van der Waals surface area contributed by atoms with E-state index >= 15 is 0 Å². The molecule has 0 saturated carbocycles. The highest BCUT2D eigenvalue weighted by Gasteiger charge is 2.09. The summed E-state index contributed by atoms with van der Waals surface area (Å²) in [6.07, 6.45) is 0. The van der Waals surface area contributed by atoms with Gasteiger partial charge >= 0.3 is 0 Å². The van der Waals surface area contributed by atoms with Crippen LogP contribution >= 0.6 is 39.7 Å². The third-order valence-corrected chi connectivity index (χ3v) is 4.14. The van der Waals surface area contributed by atoms with Crippen molar-refractivity contribution in [1.82, 2.24) is 15.5 Å². The number of hydrogen-bond donors (Lipinski definition) is 2. The van der Waals surface area contributed by atoms with Crippen LogP contribution in [0.5, 0.6) is 0 Å². The maximum absolute atomic E-state index is 6.07. The van der Waals surface area contributed by atoms with Crippen LogP contribution in [0.4, 0.5) is 5.69 Å². The Labute approximate surface area is 157 Å². The normalized spacial score (nSPS) is 10.4. The average molecular weight is 424 g/mol. The number of rotatable bonds is 4. The molecule has 0 spiro atoms. The van der Waals surface area contributed by atoms with Gasteiger partial charge in [-0.15, -0.1) is 0 Å². The van der Waals surface area contributed by atoms with Gasteiger partial charge in [-0.2, -0.15) is 4.98 Å². The quantitative estimate of drug-likeness (QED) is 0.596. The second-order valence-electron chi connectivity index (χ2n) is 4.81. The van der Waals surface area contributed by atoms with Crippen molar-refractivity contribution in [3.63, 3.8) is 0 Å². The van der Waals surface area contributed by atoms with Gasteiger partial charge in [0.05, 0.1) is 17.3 Å². The zero-order valence-corrected chi connectivity index (χ0v) is 15.5. The topological polar surface area (TPSA) is 63.0 Å². The van der Waals surface area contributed by atoms with Crippen LogP contribution in [0.3, 0.4) is 0 Å². The Kier molecular flexibility index (Phi) is 5.44. The van der Waals surface area contributed by atoms with Gasteiger partial charge in [0.25, 0.3) is 0 Å². The molecule has 0 bridgehead atoms. The summed E-state index contributed by atoms with van der Waals surface area (Å²) in [4.78, 5) is 4.34. The molecule has 1 aromatic heterocycles. The Hall–Kier alpha value is -1.96. The number of hydrogen-bond acceptors (Lipinski definition) is 4. The largest absolute Gasteiger partial charge is 0.353 e. The van der Waals surface area contributed by atoms with Gasteiger partial charge in [-0.25, -0.2) is 0 Å². The second kappa shape index (κ2) is 7.74. The highest BCUT2D eigenvalue weighted by atomic mass is 79.9. The van der Waals surface area contributed by atoms with Gasteiger partial charge in [-0.3, -0.25) is 0 Å². The molecule has 0 aliphatic rings. The fraction of sp³-hybridized carbons (Fsp3) is 0.0625. The molecule has 0 radical (unpaired) electrons. The van der Waals surface area contributed by atoms with Gasteiger partial charge in [0, 0.05) is 10.0 Å². The molecular formula is C16H12BrClN4OS. The first-order valence-electron chi connectivity index (χ1n) is 7.00. The van der Waals surface area contributed by atoms with Gasteiger partial charge in [0.15, 0.2) is 5.11 Å². The Balaban J connectivity index is 1.59. The minimum Gasteiger partial charge on any atom is -0.353 e. The summed E-state index contributed by atoms with van der Waals surface area (Å²) < 4.78 is 6.18. The van der Waals surface area contributed by atoms with Crippen molar-refractivity contribution >= 4 is 50.5 Å². The predicted octanol–water partition coefficient (Wildman–Crippen LogP) is 4.64. The summed E-state index contributed by atoms with van der Waals surface area (Å²) in [6, 6.07) is 15.0. The Morgan fingerprint density at radius 3 is 2.83 bits per heavy atom. The molecule has 2 aromatic carbocycles. The fourth-order valence-electron chi connectivity index (χ4n) is 1.96.